The summed E-state index contributed by atoms with van der Waals surface area (Å²) in [5, 5.41) is 8.07. The first-order chi connectivity index (χ1) is 10.5. The summed E-state index contributed by atoms with van der Waals surface area (Å²) in [6.45, 7) is 0. The Hall–Kier alpha value is -2.57. The van der Waals surface area contributed by atoms with Crippen molar-refractivity contribution in [3.63, 3.8) is 0 Å². The first-order valence-electron chi connectivity index (χ1n) is 6.52. The lowest BCUT2D eigenvalue weighted by molar-refractivity contribution is -0.137. The second-order valence-electron chi connectivity index (χ2n) is 4.76. The van der Waals surface area contributed by atoms with Crippen molar-refractivity contribution in [2.24, 2.45) is 0 Å². The number of benzene rings is 1. The van der Waals surface area contributed by atoms with Gasteiger partial charge in [0.15, 0.2) is 5.75 Å². The van der Waals surface area contributed by atoms with Crippen LogP contribution in [0.15, 0.2) is 42.6 Å². The maximum atomic E-state index is 12.7. The van der Waals surface area contributed by atoms with Crippen molar-refractivity contribution >= 4 is 5.65 Å². The molecule has 2 heterocycles. The van der Waals surface area contributed by atoms with Crippen LogP contribution in [0, 0.1) is 0 Å². The Labute approximate surface area is 124 Å². The average Bonchev–Trinajstić information content (AvgIpc) is 2.90. The fourth-order valence-corrected chi connectivity index (χ4v) is 2.26. The van der Waals surface area contributed by atoms with Crippen LogP contribution >= 0.6 is 0 Å². The van der Waals surface area contributed by atoms with Gasteiger partial charge in [0.25, 0.3) is 0 Å². The van der Waals surface area contributed by atoms with Gasteiger partial charge >= 0.3 is 6.18 Å². The molecule has 0 saturated heterocycles. The van der Waals surface area contributed by atoms with Gasteiger partial charge in [0.1, 0.15) is 5.82 Å². The van der Waals surface area contributed by atoms with E-state index >= 15 is 0 Å². The van der Waals surface area contributed by atoms with Crippen LogP contribution in [0.5, 0.6) is 5.75 Å². The van der Waals surface area contributed by atoms with Crippen molar-refractivity contribution in [1.82, 2.24) is 14.6 Å². The van der Waals surface area contributed by atoms with Crippen LogP contribution in [0.3, 0.4) is 0 Å². The lowest BCUT2D eigenvalue weighted by Crippen LogP contribution is -2.06. The summed E-state index contributed by atoms with van der Waals surface area (Å²) in [4.78, 5) is 0. The Bertz CT molecular complexity index is 811. The molecule has 0 fully saturated rings. The molecule has 2 aromatic heterocycles. The topological polar surface area (TPSA) is 39.4 Å². The first-order valence-corrected chi connectivity index (χ1v) is 6.52. The van der Waals surface area contributed by atoms with Crippen molar-refractivity contribution in [2.45, 2.75) is 12.6 Å². The minimum Gasteiger partial charge on any atom is -0.493 e. The van der Waals surface area contributed by atoms with Gasteiger partial charge in [-0.2, -0.15) is 13.2 Å². The third-order valence-electron chi connectivity index (χ3n) is 3.31. The lowest BCUT2D eigenvalue weighted by atomic mass is 10.1. The minimum absolute atomic E-state index is 0.248. The molecule has 0 amide bonds. The van der Waals surface area contributed by atoms with Crippen LogP contribution < -0.4 is 4.74 Å². The fraction of sp³-hybridized carbons (Fsp3) is 0.200. The number of aromatic nitrogens is 3. The molecule has 4 nitrogen and oxygen atoms in total. The molecule has 0 radical (unpaired) electrons. The highest BCUT2D eigenvalue weighted by Gasteiger charge is 2.30. The van der Waals surface area contributed by atoms with E-state index in [1.807, 2.05) is 0 Å². The number of ether oxygens (including phenoxy) is 1. The summed E-state index contributed by atoms with van der Waals surface area (Å²) in [6.07, 6.45) is -2.36. The monoisotopic (exact) mass is 307 g/mol. The summed E-state index contributed by atoms with van der Waals surface area (Å²) in [5.41, 5.74) is 0.385. The number of methoxy groups -OCH3 is 1. The minimum atomic E-state index is -4.36. The Morgan fingerprint density at radius 2 is 1.95 bits per heavy atom. The number of nitrogens with zero attached hydrogens (tertiary/aromatic N) is 3. The second-order valence-corrected chi connectivity index (χ2v) is 4.76. The molecule has 1 aromatic carbocycles. The number of alkyl halides is 3. The van der Waals surface area contributed by atoms with Crippen molar-refractivity contribution in [3.8, 4) is 5.75 Å². The van der Waals surface area contributed by atoms with Crippen LogP contribution in [-0.4, -0.2) is 21.7 Å². The van der Waals surface area contributed by atoms with Gasteiger partial charge in [-0.1, -0.05) is 18.2 Å². The molecule has 114 valence electrons. The zero-order valence-electron chi connectivity index (χ0n) is 11.6. The van der Waals surface area contributed by atoms with Crippen LogP contribution in [0.4, 0.5) is 13.2 Å². The quantitative estimate of drug-likeness (QED) is 0.745. The number of rotatable bonds is 3. The van der Waals surface area contributed by atoms with E-state index < -0.39 is 11.7 Å². The summed E-state index contributed by atoms with van der Waals surface area (Å²) >= 11 is 0. The van der Waals surface area contributed by atoms with Gasteiger partial charge < -0.3 is 4.74 Å². The van der Waals surface area contributed by atoms with Crippen LogP contribution in [0.2, 0.25) is 0 Å². The maximum absolute atomic E-state index is 12.7. The number of halogens is 3. The molecule has 0 aliphatic heterocycles. The Balaban J connectivity index is 1.97. The van der Waals surface area contributed by atoms with Crippen molar-refractivity contribution in [2.75, 3.05) is 7.11 Å². The number of hydrogen-bond donors (Lipinski definition) is 0. The second kappa shape index (κ2) is 5.32. The van der Waals surface area contributed by atoms with Gasteiger partial charge in [0.05, 0.1) is 12.7 Å². The number of hydrogen-bond acceptors (Lipinski definition) is 3. The summed E-state index contributed by atoms with van der Waals surface area (Å²) in [7, 11) is 1.52. The Morgan fingerprint density at radius 1 is 1.14 bits per heavy atom. The highest BCUT2D eigenvalue weighted by molar-refractivity contribution is 5.53. The van der Waals surface area contributed by atoms with E-state index in [-0.39, 0.29) is 6.42 Å². The van der Waals surface area contributed by atoms with Crippen molar-refractivity contribution in [1.29, 1.82) is 0 Å². The van der Waals surface area contributed by atoms with Gasteiger partial charge in [-0.3, -0.25) is 4.40 Å². The Kier molecular flexibility index (Phi) is 3.48. The normalized spacial score (nSPS) is 11.8. The third kappa shape index (κ3) is 2.61. The van der Waals surface area contributed by atoms with Crippen LogP contribution in [0.25, 0.3) is 5.65 Å². The van der Waals surface area contributed by atoms with Crippen LogP contribution in [0.1, 0.15) is 17.0 Å². The van der Waals surface area contributed by atoms with E-state index in [1.54, 1.807) is 28.8 Å². The largest absolute Gasteiger partial charge is 0.493 e. The van der Waals surface area contributed by atoms with E-state index in [0.717, 1.165) is 12.1 Å². The van der Waals surface area contributed by atoms with E-state index in [0.29, 0.717) is 22.8 Å². The molecule has 3 aromatic rings. The van der Waals surface area contributed by atoms with Crippen molar-refractivity contribution < 1.29 is 17.9 Å². The molecule has 0 aliphatic carbocycles. The summed E-state index contributed by atoms with van der Waals surface area (Å²) < 4.78 is 45.1. The van der Waals surface area contributed by atoms with E-state index in [9.17, 15) is 13.2 Å². The standard InChI is InChI=1S/C15H12F3N3O/c1-22-12-6-3-7-21-13(19-20-14(12)21)9-10-4-2-5-11(8-10)15(16,17)18/h2-8H,9H2,1H3. The van der Waals surface area contributed by atoms with Gasteiger partial charge in [-0.25, -0.2) is 0 Å². The molecule has 3 rings (SSSR count). The number of pyridine rings is 1. The third-order valence-corrected chi connectivity index (χ3v) is 3.31. The predicted molar refractivity (Wildman–Crippen MR) is 73.8 cm³/mol. The molecule has 0 spiro atoms. The van der Waals surface area contributed by atoms with Gasteiger partial charge in [0.2, 0.25) is 5.65 Å². The van der Waals surface area contributed by atoms with Crippen LogP contribution in [-0.2, 0) is 12.6 Å². The molecule has 0 atom stereocenters. The molecule has 7 heteroatoms. The molecule has 22 heavy (non-hydrogen) atoms. The maximum Gasteiger partial charge on any atom is 0.416 e. The van der Waals surface area contributed by atoms with E-state index in [2.05, 4.69) is 10.2 Å². The zero-order chi connectivity index (χ0) is 15.7. The highest BCUT2D eigenvalue weighted by atomic mass is 19.4. The van der Waals surface area contributed by atoms with Gasteiger partial charge in [-0.05, 0) is 23.8 Å². The summed E-state index contributed by atoms with van der Waals surface area (Å²) in [5.74, 6) is 1.11. The smallest absolute Gasteiger partial charge is 0.416 e. The predicted octanol–water partition coefficient (Wildman–Crippen LogP) is 3.35. The number of fused-ring (bicyclic) bond motifs is 1. The van der Waals surface area contributed by atoms with Crippen molar-refractivity contribution in [3.05, 3.63) is 59.5 Å². The zero-order valence-corrected chi connectivity index (χ0v) is 11.6. The molecule has 0 aliphatic rings. The SMILES string of the molecule is COc1cccn2c(Cc3cccc(C(F)(F)F)c3)nnc12. The van der Waals surface area contributed by atoms with Gasteiger partial charge in [0, 0.05) is 12.6 Å². The molecule has 0 unspecified atom stereocenters. The molecule has 0 saturated carbocycles. The Morgan fingerprint density at radius 3 is 2.68 bits per heavy atom. The van der Waals surface area contributed by atoms with E-state index in [4.69, 9.17) is 4.74 Å². The lowest BCUT2D eigenvalue weighted by Gasteiger charge is -2.08. The van der Waals surface area contributed by atoms with Gasteiger partial charge in [-0.15, -0.1) is 10.2 Å². The fourth-order valence-electron chi connectivity index (χ4n) is 2.26. The molecule has 0 N–H and O–H groups in total. The molecule has 0 bridgehead atoms. The first kappa shape index (κ1) is 14.4. The summed E-state index contributed by atoms with van der Waals surface area (Å²) in [6, 6.07) is 8.72. The van der Waals surface area contributed by atoms with E-state index in [1.165, 1.54) is 13.2 Å². The molecular weight excluding hydrogens is 295 g/mol. The molecular formula is C15H12F3N3O. The average molecular weight is 307 g/mol. The highest BCUT2D eigenvalue weighted by Crippen LogP contribution is 2.30.